The predicted octanol–water partition coefficient (Wildman–Crippen LogP) is 11.9. The summed E-state index contributed by atoms with van der Waals surface area (Å²) in [7, 11) is -1.61. The average Bonchev–Trinajstić information content (AvgIpc) is 3.44. The minimum absolute atomic E-state index is 0. The van der Waals surface area contributed by atoms with Crippen LogP contribution in [0.4, 0.5) is 8.78 Å². The number of halogens is 2. The van der Waals surface area contributed by atoms with Crippen LogP contribution in [-0.4, -0.2) is 35.4 Å². The number of carbonyl (C=O) groups excluding carboxylic acids is 1. The minimum atomic E-state index is -2.27. The van der Waals surface area contributed by atoms with E-state index in [2.05, 4.69) is 67.9 Å². The van der Waals surface area contributed by atoms with Crippen LogP contribution in [0.25, 0.3) is 42.7 Å². The Morgan fingerprint density at radius 1 is 0.941 bits per heavy atom. The van der Waals surface area contributed by atoms with Gasteiger partial charge in [0.05, 0.1) is 19.3 Å². The summed E-state index contributed by atoms with van der Waals surface area (Å²) in [6, 6.07) is 22.3. The van der Waals surface area contributed by atoms with Crippen LogP contribution < -0.4 is 5.19 Å². The molecular formula is C42H51F2IrN2O2SSi-. The Bertz CT molecular complexity index is 1930. The molecule has 0 fully saturated rings. The number of benzene rings is 3. The molecule has 1 radical (unpaired) electrons. The SMILES string of the molecule is CCC(CC)C(=O)/C=C(\O)C(CC)CC.Cc1c(-c2ccc(CCC(F)F)cc2)sc2c(-c3[c-]c4ccccc4c([Si](C)(C)C)c3)ncnc12.[Ir]. The topological polar surface area (TPSA) is 63.1 Å². The van der Waals surface area contributed by atoms with Gasteiger partial charge in [-0.2, -0.15) is 0 Å². The molecule has 0 aliphatic heterocycles. The molecule has 0 amide bonds. The van der Waals surface area contributed by atoms with E-state index < -0.39 is 14.5 Å². The van der Waals surface area contributed by atoms with E-state index in [1.807, 2.05) is 52.0 Å². The van der Waals surface area contributed by atoms with Crippen molar-refractivity contribution in [3.8, 4) is 21.7 Å². The van der Waals surface area contributed by atoms with Gasteiger partial charge in [0.2, 0.25) is 6.43 Å². The van der Waals surface area contributed by atoms with Crippen LogP contribution in [0, 0.1) is 24.8 Å². The fourth-order valence-electron chi connectivity index (χ4n) is 6.35. The molecule has 9 heteroatoms. The number of fused-ring (bicyclic) bond motifs is 2. The number of thiophene rings is 1. The zero-order valence-corrected chi connectivity index (χ0v) is 35.3. The number of hydrogen-bond donors (Lipinski definition) is 1. The van der Waals surface area contributed by atoms with Crippen LogP contribution in [-0.2, 0) is 31.3 Å². The molecule has 0 saturated carbocycles. The number of aromatic nitrogens is 2. The predicted molar refractivity (Wildman–Crippen MR) is 211 cm³/mol. The zero-order chi connectivity index (χ0) is 36.6. The second kappa shape index (κ2) is 19.1. The number of nitrogens with zero attached hydrogens (tertiary/aromatic N) is 2. The van der Waals surface area contributed by atoms with Gasteiger partial charge < -0.3 is 5.11 Å². The molecule has 2 heterocycles. The van der Waals surface area contributed by atoms with Gasteiger partial charge >= 0.3 is 0 Å². The summed E-state index contributed by atoms with van der Waals surface area (Å²) < 4.78 is 26.2. The number of rotatable bonds is 13. The summed E-state index contributed by atoms with van der Waals surface area (Å²) in [6.45, 7) is 17.3. The zero-order valence-electron chi connectivity index (χ0n) is 31.1. The van der Waals surface area contributed by atoms with Crippen molar-refractivity contribution in [2.24, 2.45) is 11.8 Å². The van der Waals surface area contributed by atoms with Crippen molar-refractivity contribution in [3.63, 3.8) is 0 Å². The van der Waals surface area contributed by atoms with Gasteiger partial charge in [-0.15, -0.1) is 40.1 Å². The van der Waals surface area contributed by atoms with E-state index >= 15 is 0 Å². The molecule has 3 aromatic carbocycles. The van der Waals surface area contributed by atoms with Gasteiger partial charge in [-0.05, 0) is 55.7 Å². The maximum atomic E-state index is 12.6. The van der Waals surface area contributed by atoms with E-state index in [9.17, 15) is 18.7 Å². The van der Waals surface area contributed by atoms with Crippen LogP contribution in [0.3, 0.4) is 0 Å². The van der Waals surface area contributed by atoms with Crippen molar-refractivity contribution < 1.29 is 38.8 Å². The van der Waals surface area contributed by atoms with Crippen LogP contribution >= 0.6 is 11.3 Å². The van der Waals surface area contributed by atoms with Crippen molar-refractivity contribution in [2.75, 3.05) is 0 Å². The van der Waals surface area contributed by atoms with Gasteiger partial charge in [0.1, 0.15) is 6.33 Å². The van der Waals surface area contributed by atoms with Gasteiger partial charge in [-0.3, -0.25) is 9.78 Å². The molecule has 0 spiro atoms. The van der Waals surface area contributed by atoms with Crippen molar-refractivity contribution in [1.29, 1.82) is 0 Å². The molecule has 0 saturated heterocycles. The Morgan fingerprint density at radius 3 is 2.16 bits per heavy atom. The van der Waals surface area contributed by atoms with E-state index in [1.54, 1.807) is 17.7 Å². The molecule has 0 atom stereocenters. The largest absolute Gasteiger partial charge is 0.512 e. The van der Waals surface area contributed by atoms with Crippen LogP contribution in [0.2, 0.25) is 19.6 Å². The second-order valence-electron chi connectivity index (χ2n) is 14.0. The van der Waals surface area contributed by atoms with Crippen molar-refractivity contribution in [2.45, 2.75) is 99.2 Å². The summed E-state index contributed by atoms with van der Waals surface area (Å²) in [5.41, 5.74) is 5.98. The van der Waals surface area contributed by atoms with E-state index in [4.69, 9.17) is 4.98 Å². The first-order valence-corrected chi connectivity index (χ1v) is 22.2. The quantitative estimate of drug-likeness (QED) is 0.0553. The fraction of sp³-hybridized carbons (Fsp3) is 0.405. The Labute approximate surface area is 321 Å². The van der Waals surface area contributed by atoms with E-state index in [0.29, 0.717) is 6.42 Å². The molecule has 2 aromatic heterocycles. The third-order valence-electron chi connectivity index (χ3n) is 9.49. The van der Waals surface area contributed by atoms with Gasteiger partial charge in [0.25, 0.3) is 0 Å². The molecule has 5 rings (SSSR count). The Morgan fingerprint density at radius 2 is 1.57 bits per heavy atom. The van der Waals surface area contributed by atoms with Gasteiger partial charge in [0, 0.05) is 59.7 Å². The first-order valence-electron chi connectivity index (χ1n) is 17.8. The van der Waals surface area contributed by atoms with Gasteiger partial charge in [-0.25, -0.2) is 13.8 Å². The van der Waals surface area contributed by atoms with Crippen LogP contribution in [0.1, 0.15) is 70.9 Å². The van der Waals surface area contributed by atoms with Gasteiger partial charge in [0.15, 0.2) is 5.78 Å². The molecule has 275 valence electrons. The second-order valence-corrected chi connectivity index (χ2v) is 20.0. The number of aliphatic hydroxyl groups excluding tert-OH is 1. The Kier molecular flexibility index (Phi) is 15.9. The normalized spacial score (nSPS) is 12.1. The average molecular weight is 906 g/mol. The van der Waals surface area contributed by atoms with Crippen LogP contribution in [0.5, 0.6) is 0 Å². The van der Waals surface area contributed by atoms with Crippen LogP contribution in [0.15, 0.2) is 72.8 Å². The molecule has 5 aromatic rings. The summed E-state index contributed by atoms with van der Waals surface area (Å²) >= 11 is 1.69. The number of aliphatic hydroxyl groups is 1. The standard InChI is InChI=1S/C29H27F2N2SSi.C13H24O2.Ir/c1-18-26-29(34-28(18)20-12-9-19(10-13-20)11-14-25(30)31)27(33-17-32-26)22-15-21-7-5-6-8-23(21)24(16-22)35(2,3)4;1-5-10(6-2)12(14)9-13(15)11(7-3)8-4;/h5-10,12-13,16-17,25H,11,14H2,1-4H3;9-11,14H,5-8H2,1-4H3;/q-1;;/b;12-9-;. The summed E-state index contributed by atoms with van der Waals surface area (Å²) in [6.07, 6.45) is 4.55. The molecule has 0 aliphatic carbocycles. The first-order chi connectivity index (χ1) is 23.8. The molecule has 4 nitrogen and oxygen atoms in total. The van der Waals surface area contributed by atoms with E-state index in [-0.39, 0.29) is 49.9 Å². The van der Waals surface area contributed by atoms with E-state index in [1.165, 1.54) is 16.6 Å². The van der Waals surface area contributed by atoms with E-state index in [0.717, 1.165) is 74.1 Å². The molecule has 0 aliphatic rings. The van der Waals surface area contributed by atoms with Crippen molar-refractivity contribution >= 4 is 51.4 Å². The molecular weight excluding hydrogens is 855 g/mol. The van der Waals surface area contributed by atoms with Crippen molar-refractivity contribution in [3.05, 3.63) is 90.0 Å². The fourth-order valence-corrected chi connectivity index (χ4v) is 9.22. The van der Waals surface area contributed by atoms with Crippen molar-refractivity contribution in [1.82, 2.24) is 9.97 Å². The number of carbonyl (C=O) groups is 1. The van der Waals surface area contributed by atoms with Gasteiger partial charge in [-0.1, -0.05) is 101 Å². The minimum Gasteiger partial charge on any atom is -0.512 e. The molecule has 0 unspecified atom stereocenters. The number of aryl methyl sites for hydroxylation is 2. The summed E-state index contributed by atoms with van der Waals surface area (Å²) in [5.74, 6) is 0.547. The Balaban J connectivity index is 0.000000374. The molecule has 1 N–H and O–H groups in total. The molecule has 0 bridgehead atoms. The first kappa shape index (κ1) is 42.3. The monoisotopic (exact) mass is 906 g/mol. The molecule has 51 heavy (non-hydrogen) atoms. The maximum Gasteiger partial charge on any atom is 0.239 e. The Hall–Kier alpha value is -3.10. The maximum absolute atomic E-state index is 12.6. The number of alkyl halides is 2. The smallest absolute Gasteiger partial charge is 0.239 e. The number of allylic oxidation sites excluding steroid dienone is 2. The number of hydrogen-bond acceptors (Lipinski definition) is 5. The third kappa shape index (κ3) is 10.5. The number of ketones is 1. The summed E-state index contributed by atoms with van der Waals surface area (Å²) in [4.78, 5) is 22.2. The summed E-state index contributed by atoms with van der Waals surface area (Å²) in [5, 5.41) is 13.6. The third-order valence-corrected chi connectivity index (χ3v) is 12.9.